The molecule has 0 unspecified atom stereocenters. The molecule has 0 bridgehead atoms. The van der Waals surface area contributed by atoms with Crippen LogP contribution in [0.4, 0.5) is 0 Å². The number of piperazine rings is 1. The summed E-state index contributed by atoms with van der Waals surface area (Å²) < 4.78 is 5.54. The molecule has 1 aromatic heterocycles. The van der Waals surface area contributed by atoms with E-state index < -0.39 is 0 Å². The van der Waals surface area contributed by atoms with Crippen molar-refractivity contribution >= 4 is 5.91 Å². The van der Waals surface area contributed by atoms with Crippen molar-refractivity contribution in [1.82, 2.24) is 9.80 Å². The Balaban J connectivity index is 1.91. The third-order valence-corrected chi connectivity index (χ3v) is 4.54. The highest BCUT2D eigenvalue weighted by Crippen LogP contribution is 2.25. The lowest BCUT2D eigenvalue weighted by Gasteiger charge is -2.36. The molecule has 22 heavy (non-hydrogen) atoms. The summed E-state index contributed by atoms with van der Waals surface area (Å²) in [6.45, 7) is 11.6. The maximum absolute atomic E-state index is 12.7. The molecule has 1 N–H and O–H groups in total. The third-order valence-electron chi connectivity index (χ3n) is 4.54. The van der Waals surface area contributed by atoms with Crippen LogP contribution in [0.25, 0.3) is 0 Å². The number of carbonyl (C=O) groups excluding carboxylic acids is 1. The first-order valence-electron chi connectivity index (χ1n) is 8.18. The Labute approximate surface area is 132 Å². The van der Waals surface area contributed by atoms with Crippen LogP contribution in [0, 0.1) is 13.8 Å². The van der Waals surface area contributed by atoms with Crippen LogP contribution in [0.15, 0.2) is 10.5 Å². The molecule has 1 aromatic rings. The second-order valence-electron chi connectivity index (χ2n) is 6.28. The standard InChI is InChI=1S/C17H28N2O3/c1-5-15(20)11-18-6-8-19(9-7-18)17(21)13(3)16-10-12(2)22-14(16)4/h10,13,15,20H,5-9,11H2,1-4H3/t13-,15+/m0/s1. The molecule has 0 aliphatic carbocycles. The second kappa shape index (κ2) is 7.29. The molecule has 2 rings (SSSR count). The van der Waals surface area contributed by atoms with E-state index in [1.807, 2.05) is 38.7 Å². The molecule has 5 nitrogen and oxygen atoms in total. The van der Waals surface area contributed by atoms with E-state index in [4.69, 9.17) is 4.42 Å². The SMILES string of the molecule is CC[C@@H](O)CN1CCN(C(=O)[C@@H](C)c2cc(C)oc2C)CC1. The first kappa shape index (κ1) is 17.0. The normalized spacial score (nSPS) is 19.2. The van der Waals surface area contributed by atoms with E-state index in [1.165, 1.54) is 0 Å². The minimum atomic E-state index is -0.266. The van der Waals surface area contributed by atoms with Gasteiger partial charge in [-0.05, 0) is 33.3 Å². The van der Waals surface area contributed by atoms with Crippen LogP contribution in [0.3, 0.4) is 0 Å². The van der Waals surface area contributed by atoms with Gasteiger partial charge in [0.1, 0.15) is 11.5 Å². The van der Waals surface area contributed by atoms with Gasteiger partial charge in [0.15, 0.2) is 0 Å². The summed E-state index contributed by atoms with van der Waals surface area (Å²) in [5.41, 5.74) is 0.992. The Kier molecular flexibility index (Phi) is 5.64. The smallest absolute Gasteiger partial charge is 0.230 e. The van der Waals surface area contributed by atoms with Gasteiger partial charge in [0.05, 0.1) is 12.0 Å². The van der Waals surface area contributed by atoms with Crippen LogP contribution in [0.5, 0.6) is 0 Å². The summed E-state index contributed by atoms with van der Waals surface area (Å²) in [6, 6.07) is 1.96. The largest absolute Gasteiger partial charge is 0.466 e. The van der Waals surface area contributed by atoms with Gasteiger partial charge >= 0.3 is 0 Å². The average Bonchev–Trinajstić information content (AvgIpc) is 2.85. The van der Waals surface area contributed by atoms with Gasteiger partial charge < -0.3 is 14.4 Å². The zero-order valence-corrected chi connectivity index (χ0v) is 14.1. The third kappa shape index (κ3) is 3.90. The molecule has 1 amide bonds. The van der Waals surface area contributed by atoms with Crippen molar-refractivity contribution in [3.05, 3.63) is 23.2 Å². The van der Waals surface area contributed by atoms with E-state index in [0.29, 0.717) is 6.54 Å². The van der Waals surface area contributed by atoms with Crippen LogP contribution in [0.1, 0.15) is 43.3 Å². The molecule has 1 fully saturated rings. The number of β-amino-alcohol motifs (C(OH)–C–C–N with tert-alkyl or cyclic N) is 1. The van der Waals surface area contributed by atoms with Gasteiger partial charge in [-0.3, -0.25) is 9.69 Å². The molecule has 0 spiro atoms. The van der Waals surface area contributed by atoms with Gasteiger partial charge in [-0.1, -0.05) is 6.92 Å². The molecule has 0 saturated carbocycles. The Morgan fingerprint density at radius 2 is 1.95 bits per heavy atom. The number of hydrogen-bond donors (Lipinski definition) is 1. The number of aryl methyl sites for hydroxylation is 2. The number of aliphatic hydroxyl groups is 1. The van der Waals surface area contributed by atoms with Crippen molar-refractivity contribution in [1.29, 1.82) is 0 Å². The minimum absolute atomic E-state index is 0.162. The fourth-order valence-electron chi connectivity index (χ4n) is 3.07. The summed E-state index contributed by atoms with van der Waals surface area (Å²) >= 11 is 0. The van der Waals surface area contributed by atoms with Crippen molar-refractivity contribution < 1.29 is 14.3 Å². The lowest BCUT2D eigenvalue weighted by molar-refractivity contribution is -0.134. The van der Waals surface area contributed by atoms with E-state index in [1.54, 1.807) is 0 Å². The van der Waals surface area contributed by atoms with E-state index in [-0.39, 0.29) is 17.9 Å². The van der Waals surface area contributed by atoms with Gasteiger partial charge in [0.25, 0.3) is 0 Å². The summed E-state index contributed by atoms with van der Waals surface area (Å²) in [5, 5.41) is 9.72. The maximum Gasteiger partial charge on any atom is 0.230 e. The van der Waals surface area contributed by atoms with Crippen LogP contribution in [-0.4, -0.2) is 59.6 Å². The fourth-order valence-corrected chi connectivity index (χ4v) is 3.07. The molecule has 2 heterocycles. The number of carbonyl (C=O) groups is 1. The van der Waals surface area contributed by atoms with Gasteiger partial charge in [-0.25, -0.2) is 0 Å². The predicted octanol–water partition coefficient (Wildman–Crippen LogP) is 1.92. The van der Waals surface area contributed by atoms with Crippen molar-refractivity contribution in [2.45, 2.75) is 46.1 Å². The zero-order valence-electron chi connectivity index (χ0n) is 14.1. The highest BCUT2D eigenvalue weighted by Gasteiger charge is 2.28. The maximum atomic E-state index is 12.7. The van der Waals surface area contributed by atoms with Gasteiger partial charge in [0, 0.05) is 38.3 Å². The quantitative estimate of drug-likeness (QED) is 0.903. The second-order valence-corrected chi connectivity index (χ2v) is 6.28. The van der Waals surface area contributed by atoms with Crippen molar-refractivity contribution in [2.75, 3.05) is 32.7 Å². The molecule has 5 heteroatoms. The van der Waals surface area contributed by atoms with Gasteiger partial charge in [-0.15, -0.1) is 0 Å². The highest BCUT2D eigenvalue weighted by molar-refractivity contribution is 5.83. The number of furan rings is 1. The Morgan fingerprint density at radius 3 is 2.45 bits per heavy atom. The highest BCUT2D eigenvalue weighted by atomic mass is 16.3. The van der Waals surface area contributed by atoms with E-state index in [9.17, 15) is 9.90 Å². The number of amides is 1. The summed E-state index contributed by atoms with van der Waals surface area (Å²) in [7, 11) is 0. The van der Waals surface area contributed by atoms with E-state index in [0.717, 1.165) is 49.7 Å². The van der Waals surface area contributed by atoms with Gasteiger partial charge in [0.2, 0.25) is 5.91 Å². The summed E-state index contributed by atoms with van der Waals surface area (Å²) in [5.74, 6) is 1.69. The van der Waals surface area contributed by atoms with E-state index >= 15 is 0 Å². The monoisotopic (exact) mass is 308 g/mol. The van der Waals surface area contributed by atoms with Crippen LogP contribution in [0.2, 0.25) is 0 Å². The minimum Gasteiger partial charge on any atom is -0.466 e. The molecule has 2 atom stereocenters. The first-order chi connectivity index (χ1) is 10.4. The number of nitrogens with zero attached hydrogens (tertiary/aromatic N) is 2. The average molecular weight is 308 g/mol. The lowest BCUT2D eigenvalue weighted by atomic mass is 9.99. The summed E-state index contributed by atoms with van der Waals surface area (Å²) in [4.78, 5) is 16.8. The zero-order chi connectivity index (χ0) is 16.3. The van der Waals surface area contributed by atoms with Crippen LogP contribution >= 0.6 is 0 Å². The topological polar surface area (TPSA) is 56.9 Å². The molecule has 0 radical (unpaired) electrons. The van der Waals surface area contributed by atoms with Crippen LogP contribution < -0.4 is 0 Å². The Morgan fingerprint density at radius 1 is 1.32 bits per heavy atom. The molecule has 0 aromatic carbocycles. The molecule has 1 aliphatic heterocycles. The van der Waals surface area contributed by atoms with E-state index in [2.05, 4.69) is 4.90 Å². The van der Waals surface area contributed by atoms with Crippen molar-refractivity contribution in [3.8, 4) is 0 Å². The Bertz CT molecular complexity index is 504. The van der Waals surface area contributed by atoms with Gasteiger partial charge in [-0.2, -0.15) is 0 Å². The first-order valence-corrected chi connectivity index (χ1v) is 8.18. The van der Waals surface area contributed by atoms with Crippen molar-refractivity contribution in [3.63, 3.8) is 0 Å². The summed E-state index contributed by atoms with van der Waals surface area (Å²) in [6.07, 6.45) is 0.507. The Hall–Kier alpha value is -1.33. The number of rotatable bonds is 5. The molecular weight excluding hydrogens is 280 g/mol. The van der Waals surface area contributed by atoms with Crippen LogP contribution in [-0.2, 0) is 4.79 Å². The molecule has 1 saturated heterocycles. The molecule has 124 valence electrons. The predicted molar refractivity (Wildman–Crippen MR) is 85.9 cm³/mol. The molecular formula is C17H28N2O3. The lowest BCUT2D eigenvalue weighted by Crippen LogP contribution is -2.51. The number of aliphatic hydroxyl groups excluding tert-OH is 1. The number of hydrogen-bond acceptors (Lipinski definition) is 4. The molecule has 1 aliphatic rings. The fraction of sp³-hybridized carbons (Fsp3) is 0.706. The van der Waals surface area contributed by atoms with Crippen molar-refractivity contribution in [2.24, 2.45) is 0 Å².